The fourth-order valence-corrected chi connectivity index (χ4v) is 11.8. The first-order valence-electron chi connectivity index (χ1n) is 21.6. The van der Waals surface area contributed by atoms with Gasteiger partial charge in [0.05, 0.1) is 11.1 Å². The highest BCUT2D eigenvalue weighted by Gasteiger charge is 2.47. The minimum absolute atomic E-state index is 0.0435. The number of benzene rings is 5. The molecule has 4 amide bonds. The van der Waals surface area contributed by atoms with Crippen molar-refractivity contribution in [1.82, 2.24) is 19.2 Å². The van der Waals surface area contributed by atoms with E-state index in [0.717, 1.165) is 52.3 Å². The van der Waals surface area contributed by atoms with Gasteiger partial charge in [0, 0.05) is 42.3 Å². The van der Waals surface area contributed by atoms with E-state index in [9.17, 15) is 36.7 Å². The van der Waals surface area contributed by atoms with Crippen molar-refractivity contribution in [2.45, 2.75) is 52.5 Å². The van der Waals surface area contributed by atoms with Crippen molar-refractivity contribution in [2.75, 3.05) is 29.9 Å². The first-order chi connectivity index (χ1) is 31.4. The zero-order chi connectivity index (χ0) is 45.9. The third kappa shape index (κ3) is 8.70. The number of amides is 4. The maximum absolute atomic E-state index is 13.9. The van der Waals surface area contributed by atoms with Crippen LogP contribution in [0.4, 0.5) is 17.1 Å². The summed E-state index contributed by atoms with van der Waals surface area (Å²) < 4.78 is 51.8. The molecule has 9 rings (SSSR count). The number of nitrogens with one attached hydrogen (secondary N) is 3. The molecule has 14 nitrogen and oxygen atoms in total. The Labute approximate surface area is 380 Å². The highest BCUT2D eigenvalue weighted by atomic mass is 32.3. The number of fused-ring (bicyclic) bond motifs is 2. The number of rotatable bonds is 13. The van der Waals surface area contributed by atoms with Gasteiger partial charge in [-0.1, -0.05) is 122 Å². The number of anilines is 3. The SMILES string of the molecule is CCCCN1C(=O)C(N(c2ccccc2)c2ccc3c(c2)CCNC3)=C(c2ccccc2)S1(=O)=O.CCCCN1C(=O)C(Nc2ccc3c(c2)C(=O)NC3=O)=C(c2ccccc2)S1(O)O. The van der Waals surface area contributed by atoms with Gasteiger partial charge >= 0.3 is 0 Å². The van der Waals surface area contributed by atoms with Gasteiger partial charge in [-0.3, -0.25) is 33.6 Å². The van der Waals surface area contributed by atoms with Gasteiger partial charge in [0.1, 0.15) is 21.2 Å². The van der Waals surface area contributed by atoms with Crippen molar-refractivity contribution in [3.63, 3.8) is 0 Å². The second kappa shape index (κ2) is 18.9. The molecule has 4 heterocycles. The molecule has 5 N–H and O–H groups in total. The average Bonchev–Trinajstić information content (AvgIpc) is 3.79. The first kappa shape index (κ1) is 45.0. The Morgan fingerprint density at radius 1 is 0.646 bits per heavy atom. The molecule has 0 radical (unpaired) electrons. The Hall–Kier alpha value is -6.56. The van der Waals surface area contributed by atoms with Crippen LogP contribution in [0.5, 0.6) is 0 Å². The molecule has 0 aliphatic carbocycles. The normalized spacial score (nSPS) is 17.7. The lowest BCUT2D eigenvalue weighted by atomic mass is 9.99. The number of hydrogen-bond donors (Lipinski definition) is 5. The summed E-state index contributed by atoms with van der Waals surface area (Å²) in [5.41, 5.74) is 6.05. The van der Waals surface area contributed by atoms with Gasteiger partial charge in [-0.2, -0.15) is 0 Å². The minimum Gasteiger partial charge on any atom is -0.349 e. The maximum Gasteiger partial charge on any atom is 0.290 e. The molecule has 0 spiro atoms. The van der Waals surface area contributed by atoms with Crippen LogP contribution in [0.25, 0.3) is 9.81 Å². The van der Waals surface area contributed by atoms with Gasteiger partial charge in [0.2, 0.25) is 0 Å². The molecule has 0 saturated carbocycles. The molecule has 5 aromatic rings. The molecule has 4 aliphatic rings. The Bertz CT molecular complexity index is 2840. The number of unbranched alkanes of at least 4 members (excludes halogenated alkanes) is 2. The van der Waals surface area contributed by atoms with Crippen LogP contribution in [-0.2, 0) is 32.6 Å². The van der Waals surface area contributed by atoms with Gasteiger partial charge in [-0.15, -0.1) is 0 Å². The summed E-state index contributed by atoms with van der Waals surface area (Å²) in [5.74, 6) is -1.99. The highest BCUT2D eigenvalue weighted by molar-refractivity contribution is 8.31. The van der Waals surface area contributed by atoms with Crippen LogP contribution >= 0.6 is 10.8 Å². The maximum atomic E-state index is 13.9. The monoisotopic (exact) mass is 914 g/mol. The molecule has 0 fully saturated rings. The van der Waals surface area contributed by atoms with Gasteiger partial charge in [0.15, 0.2) is 0 Å². The molecule has 16 heteroatoms. The molecule has 65 heavy (non-hydrogen) atoms. The van der Waals surface area contributed by atoms with E-state index in [4.69, 9.17) is 0 Å². The second-order valence-corrected chi connectivity index (χ2v) is 19.5. The van der Waals surface area contributed by atoms with Crippen LogP contribution in [0.15, 0.2) is 139 Å². The smallest absolute Gasteiger partial charge is 0.290 e. The quantitative estimate of drug-likeness (QED) is 0.0713. The van der Waals surface area contributed by atoms with Crippen LogP contribution in [0.2, 0.25) is 0 Å². The molecule has 0 unspecified atom stereocenters. The van der Waals surface area contributed by atoms with Crippen LogP contribution in [0, 0.1) is 0 Å². The first-order valence-corrected chi connectivity index (χ1v) is 24.5. The van der Waals surface area contributed by atoms with Crippen molar-refractivity contribution >= 4 is 71.3 Å². The summed E-state index contributed by atoms with van der Waals surface area (Å²) >= 11 is 0. The van der Waals surface area contributed by atoms with E-state index in [1.165, 1.54) is 23.3 Å². The molecule has 0 aromatic heterocycles. The van der Waals surface area contributed by atoms with Crippen molar-refractivity contribution in [2.24, 2.45) is 0 Å². The lowest BCUT2D eigenvalue weighted by Gasteiger charge is -2.38. The van der Waals surface area contributed by atoms with E-state index in [1.807, 2.05) is 61.2 Å². The largest absolute Gasteiger partial charge is 0.349 e. The zero-order valence-electron chi connectivity index (χ0n) is 36.0. The predicted molar refractivity (Wildman–Crippen MR) is 254 cm³/mol. The topological polar surface area (TPSA) is 189 Å². The summed E-state index contributed by atoms with van der Waals surface area (Å²) in [5, 5.41) is 8.57. The predicted octanol–water partition coefficient (Wildman–Crippen LogP) is 8.47. The number of imide groups is 1. The van der Waals surface area contributed by atoms with Crippen LogP contribution in [0.1, 0.15) is 82.5 Å². The van der Waals surface area contributed by atoms with Gasteiger partial charge < -0.3 is 15.5 Å². The number of hydrogen-bond acceptors (Lipinski definition) is 11. The van der Waals surface area contributed by atoms with Crippen molar-refractivity contribution in [1.29, 1.82) is 0 Å². The Morgan fingerprint density at radius 3 is 1.89 bits per heavy atom. The summed E-state index contributed by atoms with van der Waals surface area (Å²) in [6, 6.07) is 37.8. The molecular formula is C49H50N6O8S2. The Balaban J connectivity index is 0.000000179. The third-order valence-corrected chi connectivity index (χ3v) is 15.3. The van der Waals surface area contributed by atoms with Crippen LogP contribution < -0.4 is 20.9 Å². The van der Waals surface area contributed by atoms with Crippen molar-refractivity contribution in [3.05, 3.63) is 172 Å². The summed E-state index contributed by atoms with van der Waals surface area (Å²) in [6.45, 7) is 6.00. The van der Waals surface area contributed by atoms with Gasteiger partial charge in [0.25, 0.3) is 33.7 Å². The van der Waals surface area contributed by atoms with Crippen molar-refractivity contribution in [3.8, 4) is 0 Å². The van der Waals surface area contributed by atoms with Crippen LogP contribution in [0.3, 0.4) is 0 Å². The number of sulfonamides is 1. The Kier molecular flexibility index (Phi) is 13.1. The van der Waals surface area contributed by atoms with E-state index < -0.39 is 44.4 Å². The fraction of sp³-hybridized carbons (Fsp3) is 0.224. The van der Waals surface area contributed by atoms with E-state index in [2.05, 4.69) is 28.1 Å². The standard InChI is InChI=1S/C28H29N3O3S.C21H21N3O5S/c1-2-3-18-30-28(32)26(27(35(30,33)34)21-10-6-4-7-11-21)31(24-12-8-5-9-13-24)25-15-14-23-20-29-17-16-22(23)19-25;1-2-3-11-24-21(27)17(18(30(24,28)29)13-7-5-4-6-8-13)22-14-9-10-15-16(12-14)20(26)23-19(15)25/h4-15,19,29H,2-3,16-18,20H2,1H3;4-10,12,22,28-29H,2-3,11H2,1H3,(H,23,25,26). The molecule has 4 aliphatic heterocycles. The summed E-state index contributed by atoms with van der Waals surface area (Å²) in [6.07, 6.45) is 3.69. The summed E-state index contributed by atoms with van der Waals surface area (Å²) in [4.78, 5) is 52.8. The highest BCUT2D eigenvalue weighted by Crippen LogP contribution is 2.62. The molecular weight excluding hydrogens is 865 g/mol. The van der Waals surface area contributed by atoms with E-state index in [0.29, 0.717) is 29.7 Å². The summed E-state index contributed by atoms with van der Waals surface area (Å²) in [7, 11) is -7.55. The number of carbonyl (C=O) groups is 4. The lowest BCUT2D eigenvalue weighted by Crippen LogP contribution is -2.34. The van der Waals surface area contributed by atoms with E-state index in [-0.39, 0.29) is 45.4 Å². The lowest BCUT2D eigenvalue weighted by molar-refractivity contribution is -0.123. The van der Waals surface area contributed by atoms with E-state index >= 15 is 0 Å². The minimum atomic E-state index is -4.02. The average molecular weight is 915 g/mol. The van der Waals surface area contributed by atoms with Gasteiger partial charge in [-0.05, 0) is 85.0 Å². The molecule has 336 valence electrons. The zero-order valence-corrected chi connectivity index (χ0v) is 37.6. The number of carbonyl (C=O) groups excluding carboxylic acids is 4. The van der Waals surface area contributed by atoms with Crippen LogP contribution in [-0.4, -0.2) is 69.4 Å². The Morgan fingerprint density at radius 2 is 1.25 bits per heavy atom. The third-order valence-electron chi connectivity index (χ3n) is 11.5. The fourth-order valence-electron chi connectivity index (χ4n) is 8.25. The van der Waals surface area contributed by atoms with E-state index in [1.54, 1.807) is 60.7 Å². The molecule has 0 saturated heterocycles. The molecule has 0 bridgehead atoms. The second-order valence-electron chi connectivity index (χ2n) is 15.8. The number of nitrogens with zero attached hydrogens (tertiary/aromatic N) is 3. The van der Waals surface area contributed by atoms with Crippen molar-refractivity contribution < 1.29 is 36.7 Å². The number of para-hydroxylation sites is 1. The molecule has 0 atom stereocenters. The van der Waals surface area contributed by atoms with Gasteiger partial charge in [-0.25, -0.2) is 17.0 Å². The molecule has 5 aromatic carbocycles.